The average molecular weight is 550 g/mol. The highest BCUT2D eigenvalue weighted by molar-refractivity contribution is 8.01. The number of ether oxygens (including phenoxy) is 1. The second-order valence-corrected chi connectivity index (χ2v) is 11.4. The molecule has 2 aromatic heterocycles. The second-order valence-electron chi connectivity index (χ2n) is 10.3. The molecule has 1 amide bonds. The van der Waals surface area contributed by atoms with E-state index in [4.69, 9.17) is 4.74 Å². The SMILES string of the molecule is C=CC(=O)N1CCCC(N(C)CC(CC)SNc2ccc(-c3cc4c(N5CCOCC5)ncnc4[nH]3)cc2)C1. The maximum absolute atomic E-state index is 12.1. The predicted molar refractivity (Wildman–Crippen MR) is 160 cm³/mol. The summed E-state index contributed by atoms with van der Waals surface area (Å²) in [6.45, 7) is 11.6. The summed E-state index contributed by atoms with van der Waals surface area (Å²) in [4.78, 5) is 31.2. The fraction of sp³-hybridized carbons (Fsp3) is 0.483. The molecule has 2 atom stereocenters. The van der Waals surface area contributed by atoms with Crippen molar-refractivity contribution in [2.75, 3.05) is 62.6 Å². The first kappa shape index (κ1) is 27.5. The third-order valence-corrected chi connectivity index (χ3v) is 8.88. The molecule has 2 saturated heterocycles. The normalized spacial score (nSPS) is 18.9. The van der Waals surface area contributed by atoms with Gasteiger partial charge in [0.1, 0.15) is 17.8 Å². The van der Waals surface area contributed by atoms with Crippen LogP contribution >= 0.6 is 11.9 Å². The van der Waals surface area contributed by atoms with Crippen molar-refractivity contribution in [2.45, 2.75) is 37.5 Å². The molecule has 2 N–H and O–H groups in total. The molecule has 10 heteroatoms. The maximum atomic E-state index is 12.1. The largest absolute Gasteiger partial charge is 0.378 e. The van der Waals surface area contributed by atoms with Crippen LogP contribution in [0.5, 0.6) is 0 Å². The minimum atomic E-state index is 0.0394. The van der Waals surface area contributed by atoms with Gasteiger partial charge in [-0.1, -0.05) is 25.6 Å². The van der Waals surface area contributed by atoms with Gasteiger partial charge in [0.05, 0.1) is 18.6 Å². The summed E-state index contributed by atoms with van der Waals surface area (Å²) in [7, 11) is 2.18. The van der Waals surface area contributed by atoms with Crippen molar-refractivity contribution in [2.24, 2.45) is 0 Å². The van der Waals surface area contributed by atoms with Gasteiger partial charge in [-0.05, 0) is 68.1 Å². The summed E-state index contributed by atoms with van der Waals surface area (Å²) in [6.07, 6.45) is 6.28. The first-order valence-electron chi connectivity index (χ1n) is 13.9. The Balaban J connectivity index is 1.18. The molecule has 3 aromatic rings. The average Bonchev–Trinajstić information content (AvgIpc) is 3.44. The van der Waals surface area contributed by atoms with Gasteiger partial charge in [-0.25, -0.2) is 9.97 Å². The van der Waals surface area contributed by atoms with Crippen molar-refractivity contribution in [3.05, 3.63) is 49.3 Å². The number of likely N-dealkylation sites (N-methyl/N-ethyl adjacent to an activating group) is 1. The summed E-state index contributed by atoms with van der Waals surface area (Å²) in [5, 5.41) is 1.48. The molecule has 2 fully saturated rings. The number of aromatic nitrogens is 3. The van der Waals surface area contributed by atoms with E-state index in [1.54, 1.807) is 18.3 Å². The summed E-state index contributed by atoms with van der Waals surface area (Å²) >= 11 is 1.77. The highest BCUT2D eigenvalue weighted by Crippen LogP contribution is 2.30. The lowest BCUT2D eigenvalue weighted by atomic mass is 10.0. The van der Waals surface area contributed by atoms with Crippen molar-refractivity contribution >= 4 is 40.4 Å². The van der Waals surface area contributed by atoms with Gasteiger partial charge < -0.3 is 29.1 Å². The van der Waals surface area contributed by atoms with Crippen LogP contribution in [0.4, 0.5) is 11.5 Å². The standard InChI is InChI=1S/C29H39N7O2S/c1-4-24(19-34(3)23-7-6-12-36(18-23)27(37)5-2)39-33-22-10-8-21(9-11-22)26-17-25-28(32-26)30-20-31-29(25)35-13-15-38-16-14-35/h5,8-11,17,20,23-24,33H,2,4,6-7,12-16,18-19H2,1,3H3,(H,30,31,32). The minimum absolute atomic E-state index is 0.0394. The number of hydrogen-bond acceptors (Lipinski definition) is 8. The van der Waals surface area contributed by atoms with Gasteiger partial charge in [0, 0.05) is 55.4 Å². The first-order chi connectivity index (χ1) is 19.1. The molecule has 0 aliphatic carbocycles. The lowest BCUT2D eigenvalue weighted by Gasteiger charge is -2.38. The maximum Gasteiger partial charge on any atom is 0.246 e. The summed E-state index contributed by atoms with van der Waals surface area (Å²) in [5.41, 5.74) is 4.07. The summed E-state index contributed by atoms with van der Waals surface area (Å²) in [5.74, 6) is 1.00. The lowest BCUT2D eigenvalue weighted by molar-refractivity contribution is -0.128. The van der Waals surface area contributed by atoms with Crippen molar-refractivity contribution < 1.29 is 9.53 Å². The van der Waals surface area contributed by atoms with Gasteiger partial charge >= 0.3 is 0 Å². The zero-order valence-electron chi connectivity index (χ0n) is 22.9. The smallest absolute Gasteiger partial charge is 0.246 e. The van der Waals surface area contributed by atoms with Gasteiger partial charge in [0.15, 0.2) is 0 Å². The van der Waals surface area contributed by atoms with Crippen LogP contribution in [-0.2, 0) is 9.53 Å². The van der Waals surface area contributed by atoms with Crippen LogP contribution in [0.15, 0.2) is 49.3 Å². The van der Waals surface area contributed by atoms with Crippen LogP contribution in [0, 0.1) is 0 Å². The van der Waals surface area contributed by atoms with Crippen LogP contribution in [-0.4, -0.2) is 94.9 Å². The number of H-pyrrole nitrogens is 1. The lowest BCUT2D eigenvalue weighted by Crippen LogP contribution is -2.49. The monoisotopic (exact) mass is 549 g/mol. The van der Waals surface area contributed by atoms with Crippen molar-refractivity contribution in [3.63, 3.8) is 0 Å². The predicted octanol–water partition coefficient (Wildman–Crippen LogP) is 4.41. The van der Waals surface area contributed by atoms with E-state index in [1.807, 2.05) is 4.90 Å². The number of anilines is 2. The third-order valence-electron chi connectivity index (χ3n) is 7.71. The molecule has 2 aliphatic heterocycles. The number of fused-ring (bicyclic) bond motifs is 1. The van der Waals surface area contributed by atoms with E-state index in [1.165, 1.54) is 6.08 Å². The molecule has 5 rings (SSSR count). The first-order valence-corrected chi connectivity index (χ1v) is 14.7. The highest BCUT2D eigenvalue weighted by atomic mass is 32.2. The number of aromatic amines is 1. The fourth-order valence-corrected chi connectivity index (χ4v) is 6.26. The Morgan fingerprint density at radius 3 is 2.82 bits per heavy atom. The molecular weight excluding hydrogens is 510 g/mol. The molecule has 0 saturated carbocycles. The Hall–Kier alpha value is -3.08. The van der Waals surface area contributed by atoms with Crippen LogP contribution in [0.1, 0.15) is 26.2 Å². The van der Waals surface area contributed by atoms with Crippen molar-refractivity contribution in [3.8, 4) is 11.3 Å². The van der Waals surface area contributed by atoms with E-state index in [9.17, 15) is 4.79 Å². The number of nitrogens with one attached hydrogen (secondary N) is 2. The number of benzene rings is 1. The van der Waals surface area contributed by atoms with Gasteiger partial charge in [0.2, 0.25) is 5.91 Å². The number of amides is 1. The molecule has 1 aromatic carbocycles. The topological polar surface area (TPSA) is 89.6 Å². The van der Waals surface area contributed by atoms with Gasteiger partial charge in [-0.3, -0.25) is 4.79 Å². The van der Waals surface area contributed by atoms with E-state index in [0.717, 1.165) is 99.0 Å². The molecular formula is C29H39N7O2S. The number of likely N-dealkylation sites (tertiary alicyclic amines) is 1. The molecule has 2 aliphatic rings. The van der Waals surface area contributed by atoms with E-state index in [2.05, 4.69) is 80.4 Å². The van der Waals surface area contributed by atoms with E-state index < -0.39 is 0 Å². The molecule has 2 unspecified atom stereocenters. The molecule has 0 bridgehead atoms. The van der Waals surface area contributed by atoms with E-state index in [-0.39, 0.29) is 5.91 Å². The van der Waals surface area contributed by atoms with Crippen molar-refractivity contribution in [1.29, 1.82) is 0 Å². The molecule has 0 radical (unpaired) electrons. The Morgan fingerprint density at radius 2 is 2.08 bits per heavy atom. The molecule has 9 nitrogen and oxygen atoms in total. The number of morpholine rings is 1. The van der Waals surface area contributed by atoms with Gasteiger partial charge in [-0.15, -0.1) is 0 Å². The number of carbonyl (C=O) groups excluding carboxylic acids is 1. The zero-order chi connectivity index (χ0) is 27.2. The highest BCUT2D eigenvalue weighted by Gasteiger charge is 2.26. The molecule has 4 heterocycles. The molecule has 0 spiro atoms. The fourth-order valence-electron chi connectivity index (χ4n) is 5.34. The van der Waals surface area contributed by atoms with Crippen LogP contribution in [0.3, 0.4) is 0 Å². The van der Waals surface area contributed by atoms with Crippen LogP contribution in [0.25, 0.3) is 22.3 Å². The third kappa shape index (κ3) is 6.57. The summed E-state index contributed by atoms with van der Waals surface area (Å²) < 4.78 is 9.06. The Labute approximate surface area is 235 Å². The quantitative estimate of drug-likeness (QED) is 0.284. The van der Waals surface area contributed by atoms with Crippen LogP contribution in [0.2, 0.25) is 0 Å². The van der Waals surface area contributed by atoms with Gasteiger partial charge in [-0.2, -0.15) is 0 Å². The number of piperidine rings is 1. The number of rotatable bonds is 10. The molecule has 39 heavy (non-hydrogen) atoms. The summed E-state index contributed by atoms with van der Waals surface area (Å²) in [6, 6.07) is 11.1. The Bertz CT molecular complexity index is 1260. The van der Waals surface area contributed by atoms with E-state index >= 15 is 0 Å². The minimum Gasteiger partial charge on any atom is -0.378 e. The second kappa shape index (κ2) is 12.8. The Morgan fingerprint density at radius 1 is 1.28 bits per heavy atom. The van der Waals surface area contributed by atoms with Crippen molar-refractivity contribution in [1.82, 2.24) is 24.8 Å². The number of carbonyl (C=O) groups is 1. The molecule has 208 valence electrons. The van der Waals surface area contributed by atoms with E-state index in [0.29, 0.717) is 11.3 Å². The Kier molecular flexibility index (Phi) is 9.06. The van der Waals surface area contributed by atoms with Gasteiger partial charge in [0.25, 0.3) is 0 Å². The number of nitrogens with zero attached hydrogens (tertiary/aromatic N) is 5. The van der Waals surface area contributed by atoms with Crippen LogP contribution < -0.4 is 9.62 Å². The zero-order valence-corrected chi connectivity index (χ0v) is 23.8. The number of hydrogen-bond donors (Lipinski definition) is 2.